The van der Waals surface area contributed by atoms with Crippen LogP contribution in [0.3, 0.4) is 0 Å². The second-order valence-electron chi connectivity index (χ2n) is 7.02. The first-order valence-corrected chi connectivity index (χ1v) is 8.93. The van der Waals surface area contributed by atoms with Gasteiger partial charge in [0.25, 0.3) is 0 Å². The predicted octanol–water partition coefficient (Wildman–Crippen LogP) is 1.63. The van der Waals surface area contributed by atoms with Crippen LogP contribution >= 0.6 is 0 Å². The number of aliphatic imine (C=N–C) groups is 1. The van der Waals surface area contributed by atoms with Gasteiger partial charge in [-0.1, -0.05) is 0 Å². The molecule has 0 aromatic carbocycles. The number of amides is 1. The number of guanidine groups is 1. The molecule has 0 spiro atoms. The molecule has 1 amide bonds. The van der Waals surface area contributed by atoms with Crippen LogP contribution in [0.1, 0.15) is 27.7 Å². The molecule has 2 heterocycles. The van der Waals surface area contributed by atoms with Gasteiger partial charge in [0.05, 0.1) is 18.8 Å². The first-order chi connectivity index (χ1) is 12.4. The minimum atomic E-state index is -0.472. The summed E-state index contributed by atoms with van der Waals surface area (Å²) in [7, 11) is 0. The summed E-state index contributed by atoms with van der Waals surface area (Å²) in [6.45, 7) is 10.6. The monoisotopic (exact) mass is 363 g/mol. The highest BCUT2D eigenvalue weighted by Gasteiger charge is 2.34. The van der Waals surface area contributed by atoms with E-state index >= 15 is 0 Å². The number of aromatic nitrogens is 1. The van der Waals surface area contributed by atoms with E-state index < -0.39 is 5.60 Å². The second-order valence-corrected chi connectivity index (χ2v) is 7.02. The van der Waals surface area contributed by atoms with Crippen LogP contribution in [-0.2, 0) is 4.74 Å². The Bertz CT molecular complexity index is 595. The maximum absolute atomic E-state index is 12.0. The summed E-state index contributed by atoms with van der Waals surface area (Å²) in [5, 5.41) is 6.52. The van der Waals surface area contributed by atoms with Crippen molar-refractivity contribution in [2.24, 2.45) is 4.99 Å². The summed E-state index contributed by atoms with van der Waals surface area (Å²) >= 11 is 0. The summed E-state index contributed by atoms with van der Waals surface area (Å²) in [6.07, 6.45) is 3.10. The summed E-state index contributed by atoms with van der Waals surface area (Å²) in [5.74, 6) is 1.45. The molecule has 1 aromatic rings. The molecule has 26 heavy (non-hydrogen) atoms. The number of nitrogens with zero attached hydrogens (tertiary/aromatic N) is 3. The highest BCUT2D eigenvalue weighted by atomic mass is 16.6. The molecule has 1 aliphatic heterocycles. The van der Waals surface area contributed by atoms with Crippen LogP contribution in [0.25, 0.3) is 0 Å². The number of likely N-dealkylation sites (tertiary alicyclic amines) is 1. The Morgan fingerprint density at radius 3 is 2.81 bits per heavy atom. The van der Waals surface area contributed by atoms with Crippen molar-refractivity contribution in [3.8, 4) is 5.75 Å². The summed E-state index contributed by atoms with van der Waals surface area (Å²) in [4.78, 5) is 22.1. The molecule has 0 saturated carbocycles. The molecular formula is C18H29N5O3. The van der Waals surface area contributed by atoms with Crippen molar-refractivity contribution < 1.29 is 14.3 Å². The Hall–Kier alpha value is -2.51. The summed E-state index contributed by atoms with van der Waals surface area (Å²) < 4.78 is 10.9. The van der Waals surface area contributed by atoms with Crippen LogP contribution in [0.4, 0.5) is 4.79 Å². The highest BCUT2D eigenvalue weighted by Crippen LogP contribution is 2.15. The third-order valence-corrected chi connectivity index (χ3v) is 3.48. The molecule has 0 unspecified atom stereocenters. The fourth-order valence-corrected chi connectivity index (χ4v) is 2.31. The van der Waals surface area contributed by atoms with Crippen molar-refractivity contribution in [1.82, 2.24) is 20.5 Å². The maximum atomic E-state index is 12.0. The van der Waals surface area contributed by atoms with Gasteiger partial charge in [-0.15, -0.1) is 0 Å². The zero-order chi connectivity index (χ0) is 19.0. The van der Waals surface area contributed by atoms with E-state index in [4.69, 9.17) is 9.47 Å². The van der Waals surface area contributed by atoms with Gasteiger partial charge in [0.2, 0.25) is 0 Å². The molecule has 1 saturated heterocycles. The van der Waals surface area contributed by atoms with Gasteiger partial charge in [0, 0.05) is 25.8 Å². The molecule has 8 heteroatoms. The third-order valence-electron chi connectivity index (χ3n) is 3.48. The van der Waals surface area contributed by atoms with Gasteiger partial charge in [0.1, 0.15) is 18.0 Å². The molecular weight excluding hydrogens is 334 g/mol. The summed E-state index contributed by atoms with van der Waals surface area (Å²) in [5.41, 5.74) is -0.472. The number of nitrogens with one attached hydrogen (secondary N) is 2. The van der Waals surface area contributed by atoms with E-state index in [1.165, 1.54) is 0 Å². The lowest BCUT2D eigenvalue weighted by Gasteiger charge is -2.40. The van der Waals surface area contributed by atoms with Crippen molar-refractivity contribution in [3.63, 3.8) is 0 Å². The Morgan fingerprint density at radius 1 is 1.42 bits per heavy atom. The molecule has 1 aromatic heterocycles. The average Bonchev–Trinajstić information content (AvgIpc) is 2.53. The van der Waals surface area contributed by atoms with Gasteiger partial charge in [-0.2, -0.15) is 0 Å². The zero-order valence-corrected chi connectivity index (χ0v) is 16.0. The number of rotatable bonds is 6. The molecule has 0 radical (unpaired) electrons. The molecule has 144 valence electrons. The van der Waals surface area contributed by atoms with E-state index in [9.17, 15) is 4.79 Å². The van der Waals surface area contributed by atoms with Gasteiger partial charge < -0.3 is 25.0 Å². The molecule has 0 bridgehead atoms. The molecule has 0 atom stereocenters. The van der Waals surface area contributed by atoms with Gasteiger partial charge in [0.15, 0.2) is 5.96 Å². The zero-order valence-electron chi connectivity index (χ0n) is 16.0. The van der Waals surface area contributed by atoms with Gasteiger partial charge in [-0.05, 0) is 39.8 Å². The second kappa shape index (κ2) is 9.26. The number of ether oxygens (including phenoxy) is 2. The fourth-order valence-electron chi connectivity index (χ4n) is 2.31. The number of hydrogen-bond donors (Lipinski definition) is 2. The van der Waals surface area contributed by atoms with E-state index in [-0.39, 0.29) is 12.1 Å². The van der Waals surface area contributed by atoms with Crippen LogP contribution in [0, 0.1) is 0 Å². The lowest BCUT2D eigenvalue weighted by atomic mass is 10.1. The van der Waals surface area contributed by atoms with E-state index in [0.29, 0.717) is 26.2 Å². The van der Waals surface area contributed by atoms with Crippen molar-refractivity contribution >= 4 is 12.1 Å². The average molecular weight is 363 g/mol. The normalized spacial score (nSPS) is 15.2. The smallest absolute Gasteiger partial charge is 0.410 e. The van der Waals surface area contributed by atoms with Crippen LogP contribution < -0.4 is 15.4 Å². The lowest BCUT2D eigenvalue weighted by molar-refractivity contribution is 0.00701. The van der Waals surface area contributed by atoms with Crippen LogP contribution in [0.5, 0.6) is 5.75 Å². The molecule has 8 nitrogen and oxygen atoms in total. The van der Waals surface area contributed by atoms with Crippen molar-refractivity contribution in [3.05, 3.63) is 24.5 Å². The molecule has 0 aliphatic carbocycles. The van der Waals surface area contributed by atoms with Crippen molar-refractivity contribution in [2.45, 2.75) is 39.3 Å². The van der Waals surface area contributed by atoms with E-state index in [1.807, 2.05) is 39.8 Å². The number of carbonyl (C=O) groups is 1. The van der Waals surface area contributed by atoms with E-state index in [0.717, 1.165) is 18.3 Å². The topological polar surface area (TPSA) is 88.1 Å². The predicted molar refractivity (Wildman–Crippen MR) is 100 cm³/mol. The molecule has 2 N–H and O–H groups in total. The Balaban J connectivity index is 1.72. The largest absolute Gasteiger partial charge is 0.490 e. The highest BCUT2D eigenvalue weighted by molar-refractivity contribution is 5.80. The quantitative estimate of drug-likeness (QED) is 0.454. The fraction of sp³-hybridized carbons (Fsp3) is 0.611. The van der Waals surface area contributed by atoms with Crippen LogP contribution in [-0.4, -0.2) is 66.4 Å². The van der Waals surface area contributed by atoms with Crippen LogP contribution in [0.15, 0.2) is 29.5 Å². The molecule has 2 rings (SSSR count). The van der Waals surface area contributed by atoms with Gasteiger partial charge in [-0.3, -0.25) is 4.98 Å². The Labute approximate surface area is 155 Å². The number of pyridine rings is 1. The minimum absolute atomic E-state index is 0.166. The standard InChI is InChI=1S/C18H29N5O3/c1-5-20-16(21-9-10-25-15-7-6-8-19-11-15)22-14-12-23(13-14)17(24)26-18(2,3)4/h6-8,11,14H,5,9-10,12-13H2,1-4H3,(H2,20,21,22). The number of carbonyl (C=O) groups excluding carboxylic acids is 1. The van der Waals surface area contributed by atoms with Crippen molar-refractivity contribution in [1.29, 1.82) is 0 Å². The van der Waals surface area contributed by atoms with Crippen molar-refractivity contribution in [2.75, 3.05) is 32.8 Å². The van der Waals surface area contributed by atoms with E-state index in [1.54, 1.807) is 17.3 Å². The lowest BCUT2D eigenvalue weighted by Crippen LogP contribution is -2.63. The molecule has 1 aliphatic rings. The SMILES string of the molecule is CCNC(=NCCOc1cccnc1)NC1CN(C(=O)OC(C)(C)C)C1. The van der Waals surface area contributed by atoms with Gasteiger partial charge in [-0.25, -0.2) is 9.79 Å². The first-order valence-electron chi connectivity index (χ1n) is 8.93. The Morgan fingerprint density at radius 2 is 2.19 bits per heavy atom. The Kier molecular flexibility index (Phi) is 7.06. The number of hydrogen-bond acceptors (Lipinski definition) is 5. The van der Waals surface area contributed by atoms with Gasteiger partial charge >= 0.3 is 6.09 Å². The first kappa shape index (κ1) is 19.8. The molecule has 1 fully saturated rings. The summed E-state index contributed by atoms with van der Waals surface area (Å²) in [6, 6.07) is 3.86. The van der Waals surface area contributed by atoms with E-state index in [2.05, 4.69) is 20.6 Å². The van der Waals surface area contributed by atoms with Crippen LogP contribution in [0.2, 0.25) is 0 Å². The minimum Gasteiger partial charge on any atom is -0.490 e. The maximum Gasteiger partial charge on any atom is 0.410 e. The third kappa shape index (κ3) is 6.78.